The third kappa shape index (κ3) is 2.94. The monoisotopic (exact) mass is 322 g/mol. The first-order valence-corrected chi connectivity index (χ1v) is 8.00. The van der Waals surface area contributed by atoms with Gasteiger partial charge < -0.3 is 9.97 Å². The molecule has 1 unspecified atom stereocenters. The zero-order valence-corrected chi connectivity index (χ0v) is 12.5. The van der Waals surface area contributed by atoms with E-state index in [9.17, 15) is 4.79 Å². The van der Waals surface area contributed by atoms with Crippen LogP contribution in [0.3, 0.4) is 0 Å². The topological polar surface area (TPSA) is 48.6 Å². The van der Waals surface area contributed by atoms with Crippen LogP contribution in [-0.2, 0) is 0 Å². The summed E-state index contributed by atoms with van der Waals surface area (Å²) in [4.78, 5) is 17.2. The molecule has 3 nitrogen and oxygen atoms in total. The van der Waals surface area contributed by atoms with Crippen molar-refractivity contribution in [2.24, 2.45) is 5.92 Å². The van der Waals surface area contributed by atoms with Crippen LogP contribution in [-0.4, -0.2) is 9.97 Å². The summed E-state index contributed by atoms with van der Waals surface area (Å²) in [7, 11) is 0. The lowest BCUT2D eigenvalue weighted by atomic mass is 9.98. The van der Waals surface area contributed by atoms with Gasteiger partial charge in [-0.15, -0.1) is 0 Å². The molecule has 1 aromatic carbocycles. The lowest BCUT2D eigenvalue weighted by Gasteiger charge is -2.13. The summed E-state index contributed by atoms with van der Waals surface area (Å²) in [5.41, 5.74) is 2.89. The van der Waals surface area contributed by atoms with Crippen molar-refractivity contribution in [3.8, 4) is 0 Å². The van der Waals surface area contributed by atoms with E-state index in [1.54, 1.807) is 0 Å². The molecule has 0 bridgehead atoms. The summed E-state index contributed by atoms with van der Waals surface area (Å²) in [5, 5.41) is 0. The quantitative estimate of drug-likeness (QED) is 0.812. The highest BCUT2D eigenvalue weighted by Crippen LogP contribution is 2.35. The average Bonchev–Trinajstić information content (AvgIpc) is 3.02. The fourth-order valence-corrected chi connectivity index (χ4v) is 3.64. The average molecular weight is 323 g/mol. The van der Waals surface area contributed by atoms with E-state index in [2.05, 4.69) is 38.0 Å². The van der Waals surface area contributed by atoms with E-state index in [1.165, 1.54) is 44.1 Å². The molecule has 102 valence electrons. The normalized spacial score (nSPS) is 18.2. The minimum absolute atomic E-state index is 0.135. The van der Waals surface area contributed by atoms with Gasteiger partial charge in [0.05, 0.1) is 11.0 Å². The van der Waals surface area contributed by atoms with Gasteiger partial charge in [-0.2, -0.15) is 0 Å². The third-order valence-corrected chi connectivity index (χ3v) is 5.19. The molecule has 2 aromatic rings. The second-order valence-corrected chi connectivity index (χ2v) is 6.68. The maximum absolute atomic E-state index is 11.2. The van der Waals surface area contributed by atoms with Crippen LogP contribution in [0.25, 0.3) is 11.0 Å². The van der Waals surface area contributed by atoms with E-state index < -0.39 is 0 Å². The molecule has 0 spiro atoms. The van der Waals surface area contributed by atoms with Crippen LogP contribution in [0.1, 0.15) is 48.9 Å². The summed E-state index contributed by atoms with van der Waals surface area (Å²) < 4.78 is 0. The van der Waals surface area contributed by atoms with Crippen LogP contribution < -0.4 is 5.69 Å². The van der Waals surface area contributed by atoms with Crippen molar-refractivity contribution in [2.45, 2.75) is 43.4 Å². The van der Waals surface area contributed by atoms with E-state index in [0.717, 1.165) is 17.0 Å². The number of nitrogens with one attached hydrogen (secondary N) is 2. The number of aromatic amines is 2. The Morgan fingerprint density at radius 3 is 2.74 bits per heavy atom. The van der Waals surface area contributed by atoms with Gasteiger partial charge in [0, 0.05) is 4.83 Å². The van der Waals surface area contributed by atoms with E-state index in [1.807, 2.05) is 6.07 Å². The van der Waals surface area contributed by atoms with Crippen molar-refractivity contribution in [2.75, 3.05) is 0 Å². The fourth-order valence-electron chi connectivity index (χ4n) is 3.09. The van der Waals surface area contributed by atoms with E-state index in [0.29, 0.717) is 4.83 Å². The predicted octanol–water partition coefficient (Wildman–Crippen LogP) is 4.26. The molecule has 1 atom stereocenters. The molecule has 1 aliphatic rings. The minimum Gasteiger partial charge on any atom is -0.306 e. The number of aromatic nitrogens is 2. The Hall–Kier alpha value is -1.03. The highest BCUT2D eigenvalue weighted by molar-refractivity contribution is 9.09. The van der Waals surface area contributed by atoms with Gasteiger partial charge >= 0.3 is 5.69 Å². The highest BCUT2D eigenvalue weighted by atomic mass is 79.9. The molecule has 2 N–H and O–H groups in total. The number of halogens is 1. The number of H-pyrrole nitrogens is 2. The minimum atomic E-state index is -0.135. The van der Waals surface area contributed by atoms with E-state index in [4.69, 9.17) is 0 Å². The molecule has 0 aliphatic heterocycles. The maximum atomic E-state index is 11.2. The Kier molecular flexibility index (Phi) is 3.78. The number of imidazole rings is 1. The Morgan fingerprint density at radius 1 is 1.21 bits per heavy atom. The molecule has 0 amide bonds. The summed E-state index contributed by atoms with van der Waals surface area (Å²) in [5.74, 6) is 0.927. The molecular formula is C15H19BrN2O. The highest BCUT2D eigenvalue weighted by Gasteiger charge is 2.17. The van der Waals surface area contributed by atoms with Crippen LogP contribution in [0.15, 0.2) is 23.0 Å². The van der Waals surface area contributed by atoms with Crippen molar-refractivity contribution in [3.63, 3.8) is 0 Å². The largest absolute Gasteiger partial charge is 0.323 e. The van der Waals surface area contributed by atoms with E-state index in [-0.39, 0.29) is 5.69 Å². The zero-order chi connectivity index (χ0) is 13.2. The van der Waals surface area contributed by atoms with Crippen molar-refractivity contribution in [1.82, 2.24) is 9.97 Å². The molecule has 4 heteroatoms. The van der Waals surface area contributed by atoms with Crippen LogP contribution in [0.4, 0.5) is 0 Å². The first-order valence-electron chi connectivity index (χ1n) is 7.08. The number of hydrogen-bond acceptors (Lipinski definition) is 1. The summed E-state index contributed by atoms with van der Waals surface area (Å²) in [6.45, 7) is 0. The predicted molar refractivity (Wildman–Crippen MR) is 81.8 cm³/mol. The molecule has 0 radical (unpaired) electrons. The first kappa shape index (κ1) is 13.0. The standard InChI is InChI=1S/C15H19BrN2O/c16-12(7-5-10-3-1-2-4-10)11-6-8-13-14(9-11)18-15(19)17-13/h6,8-10,12H,1-5,7H2,(H2,17,18,19). The zero-order valence-electron chi connectivity index (χ0n) is 10.9. The van der Waals surface area contributed by atoms with Crippen LogP contribution in [0.2, 0.25) is 0 Å². The molecule has 1 aromatic heterocycles. The lowest BCUT2D eigenvalue weighted by molar-refractivity contribution is 0.483. The first-order chi connectivity index (χ1) is 9.22. The molecule has 19 heavy (non-hydrogen) atoms. The number of alkyl halides is 1. The number of benzene rings is 1. The van der Waals surface area contributed by atoms with Gasteiger partial charge in [0.2, 0.25) is 0 Å². The fraction of sp³-hybridized carbons (Fsp3) is 0.533. The van der Waals surface area contributed by atoms with Gasteiger partial charge in [-0.05, 0) is 36.5 Å². The summed E-state index contributed by atoms with van der Waals surface area (Å²) >= 11 is 3.78. The van der Waals surface area contributed by atoms with Crippen molar-refractivity contribution < 1.29 is 0 Å². The van der Waals surface area contributed by atoms with E-state index >= 15 is 0 Å². The SMILES string of the molecule is O=c1[nH]c2ccc(C(Br)CCC3CCCC3)cc2[nH]1. The van der Waals surface area contributed by atoms with Gasteiger partial charge in [-0.1, -0.05) is 47.7 Å². The lowest BCUT2D eigenvalue weighted by Crippen LogP contribution is -1.99. The van der Waals surface area contributed by atoms with Crippen molar-refractivity contribution in [3.05, 3.63) is 34.2 Å². The van der Waals surface area contributed by atoms with Crippen molar-refractivity contribution in [1.29, 1.82) is 0 Å². The Morgan fingerprint density at radius 2 is 1.95 bits per heavy atom. The molecule has 0 saturated heterocycles. The number of rotatable bonds is 4. The van der Waals surface area contributed by atoms with Gasteiger partial charge in [0.25, 0.3) is 0 Å². The second-order valence-electron chi connectivity index (χ2n) is 5.58. The van der Waals surface area contributed by atoms with Gasteiger partial charge in [-0.25, -0.2) is 4.79 Å². The molecule has 1 aliphatic carbocycles. The molecule has 1 fully saturated rings. The maximum Gasteiger partial charge on any atom is 0.323 e. The van der Waals surface area contributed by atoms with Crippen LogP contribution in [0, 0.1) is 5.92 Å². The van der Waals surface area contributed by atoms with Gasteiger partial charge in [0.15, 0.2) is 0 Å². The Balaban J connectivity index is 1.69. The summed E-state index contributed by atoms with van der Waals surface area (Å²) in [6.07, 6.45) is 8.11. The van der Waals surface area contributed by atoms with Crippen molar-refractivity contribution >= 4 is 27.0 Å². The molecular weight excluding hydrogens is 304 g/mol. The van der Waals surface area contributed by atoms with Crippen LogP contribution >= 0.6 is 15.9 Å². The molecule has 1 heterocycles. The number of fused-ring (bicyclic) bond motifs is 1. The van der Waals surface area contributed by atoms with Gasteiger partial charge in [-0.3, -0.25) is 0 Å². The van der Waals surface area contributed by atoms with Crippen LogP contribution in [0.5, 0.6) is 0 Å². The smallest absolute Gasteiger partial charge is 0.306 e. The molecule has 1 saturated carbocycles. The third-order valence-electron chi connectivity index (χ3n) is 4.20. The number of hydrogen-bond donors (Lipinski definition) is 2. The Bertz CT molecular complexity index is 610. The molecule has 3 rings (SSSR count). The summed E-state index contributed by atoms with van der Waals surface area (Å²) in [6, 6.07) is 6.15. The Labute approximate surface area is 120 Å². The van der Waals surface area contributed by atoms with Gasteiger partial charge in [0.1, 0.15) is 0 Å². The second kappa shape index (κ2) is 5.53.